The van der Waals surface area contributed by atoms with Gasteiger partial charge in [-0.05, 0) is 37.1 Å². The molecule has 3 aromatic rings. The van der Waals surface area contributed by atoms with Gasteiger partial charge < -0.3 is 9.15 Å². The van der Waals surface area contributed by atoms with Crippen LogP contribution in [0.5, 0.6) is 5.75 Å². The van der Waals surface area contributed by atoms with Gasteiger partial charge in [-0.1, -0.05) is 11.3 Å². The van der Waals surface area contributed by atoms with Gasteiger partial charge >= 0.3 is 0 Å². The van der Waals surface area contributed by atoms with Gasteiger partial charge in [-0.15, -0.1) is 0 Å². The summed E-state index contributed by atoms with van der Waals surface area (Å²) in [5, 5.41) is 0.710. The molecule has 6 heteroatoms. The van der Waals surface area contributed by atoms with Gasteiger partial charge in [-0.2, -0.15) is 0 Å². The molecule has 1 saturated carbocycles. The first kappa shape index (κ1) is 14.3. The zero-order chi connectivity index (χ0) is 15.8. The molecule has 1 aliphatic rings. The van der Waals surface area contributed by atoms with Crippen LogP contribution in [0.3, 0.4) is 0 Å². The topological polar surface area (TPSA) is 55.6 Å². The van der Waals surface area contributed by atoms with E-state index < -0.39 is 0 Å². The fourth-order valence-electron chi connectivity index (χ4n) is 2.49. The van der Waals surface area contributed by atoms with E-state index in [1.165, 1.54) is 11.3 Å². The Bertz CT molecular complexity index is 837. The third-order valence-electron chi connectivity index (χ3n) is 3.90. The molecule has 1 aliphatic carbocycles. The van der Waals surface area contributed by atoms with Crippen LogP contribution in [0.25, 0.3) is 10.2 Å². The molecular formula is C17H16N2O3S. The van der Waals surface area contributed by atoms with Crippen LogP contribution in [0.1, 0.15) is 18.6 Å². The summed E-state index contributed by atoms with van der Waals surface area (Å²) in [7, 11) is 1.63. The van der Waals surface area contributed by atoms with E-state index in [4.69, 9.17) is 9.15 Å². The molecule has 5 nitrogen and oxygen atoms in total. The standard InChI is InChI=1S/C17H16N2O3S/c1-21-12-6-7-15-14(9-12)18-17(23-15)19(16(20)11-4-5-11)10-13-3-2-8-22-13/h2-3,6-9,11H,4-5,10H2,1H3. The second-order valence-corrected chi connectivity index (χ2v) is 6.62. The number of carbonyl (C=O) groups excluding carboxylic acids is 1. The number of aromatic nitrogens is 1. The summed E-state index contributed by atoms with van der Waals surface area (Å²) in [4.78, 5) is 19.0. The number of amides is 1. The van der Waals surface area contributed by atoms with Crippen LogP contribution in [0.4, 0.5) is 5.13 Å². The molecule has 2 aromatic heterocycles. The Morgan fingerprint density at radius 1 is 1.43 bits per heavy atom. The molecule has 0 unspecified atom stereocenters. The molecule has 1 fully saturated rings. The van der Waals surface area contributed by atoms with Crippen molar-refractivity contribution in [3.8, 4) is 5.75 Å². The highest BCUT2D eigenvalue weighted by atomic mass is 32.1. The van der Waals surface area contributed by atoms with E-state index in [0.29, 0.717) is 11.7 Å². The molecular weight excluding hydrogens is 312 g/mol. The number of carbonyl (C=O) groups is 1. The summed E-state index contributed by atoms with van der Waals surface area (Å²) in [5.41, 5.74) is 0.845. The summed E-state index contributed by atoms with van der Waals surface area (Å²) in [6.45, 7) is 0.416. The minimum atomic E-state index is 0.131. The van der Waals surface area contributed by atoms with Crippen molar-refractivity contribution >= 4 is 32.6 Å². The van der Waals surface area contributed by atoms with Crippen molar-refractivity contribution in [2.24, 2.45) is 5.92 Å². The molecule has 0 saturated heterocycles. The summed E-state index contributed by atoms with van der Waals surface area (Å²) in [6.07, 6.45) is 3.55. The number of rotatable bonds is 5. The Morgan fingerprint density at radius 3 is 3.00 bits per heavy atom. The number of benzene rings is 1. The van der Waals surface area contributed by atoms with Crippen molar-refractivity contribution < 1.29 is 13.9 Å². The highest BCUT2D eigenvalue weighted by Crippen LogP contribution is 2.37. The van der Waals surface area contributed by atoms with Crippen LogP contribution in [0.2, 0.25) is 0 Å². The number of methoxy groups -OCH3 is 1. The van der Waals surface area contributed by atoms with Crippen molar-refractivity contribution in [3.63, 3.8) is 0 Å². The number of hydrogen-bond acceptors (Lipinski definition) is 5. The molecule has 0 bridgehead atoms. The van der Waals surface area contributed by atoms with E-state index in [1.54, 1.807) is 18.3 Å². The first-order valence-electron chi connectivity index (χ1n) is 7.53. The number of thiazole rings is 1. The van der Waals surface area contributed by atoms with Gasteiger partial charge in [-0.25, -0.2) is 4.98 Å². The average Bonchev–Trinajstić information content (AvgIpc) is 3.13. The Morgan fingerprint density at radius 2 is 2.30 bits per heavy atom. The molecule has 0 atom stereocenters. The minimum absolute atomic E-state index is 0.131. The van der Waals surface area contributed by atoms with Crippen molar-refractivity contribution in [2.45, 2.75) is 19.4 Å². The maximum Gasteiger partial charge on any atom is 0.232 e. The predicted molar refractivity (Wildman–Crippen MR) is 88.8 cm³/mol. The molecule has 0 spiro atoms. The average molecular weight is 328 g/mol. The molecule has 0 aliphatic heterocycles. The van der Waals surface area contributed by atoms with Gasteiger partial charge in [0, 0.05) is 12.0 Å². The second kappa shape index (κ2) is 5.70. The molecule has 23 heavy (non-hydrogen) atoms. The first-order valence-corrected chi connectivity index (χ1v) is 8.34. The highest BCUT2D eigenvalue weighted by Gasteiger charge is 2.35. The molecule has 1 aromatic carbocycles. The maximum atomic E-state index is 12.7. The predicted octanol–water partition coefficient (Wildman–Crippen LogP) is 3.84. The van der Waals surface area contributed by atoms with Gasteiger partial charge in [0.2, 0.25) is 5.91 Å². The number of hydrogen-bond donors (Lipinski definition) is 0. The second-order valence-electron chi connectivity index (χ2n) is 5.61. The van der Waals surface area contributed by atoms with Crippen LogP contribution >= 0.6 is 11.3 Å². The van der Waals surface area contributed by atoms with E-state index in [1.807, 2.05) is 30.3 Å². The number of ether oxygens (including phenoxy) is 1. The number of furan rings is 1. The fourth-order valence-corrected chi connectivity index (χ4v) is 3.44. The largest absolute Gasteiger partial charge is 0.497 e. The molecule has 2 heterocycles. The highest BCUT2D eigenvalue weighted by molar-refractivity contribution is 7.22. The molecule has 1 amide bonds. The van der Waals surface area contributed by atoms with Crippen molar-refractivity contribution in [3.05, 3.63) is 42.4 Å². The first-order chi connectivity index (χ1) is 11.2. The van der Waals surface area contributed by atoms with Crippen molar-refractivity contribution in [2.75, 3.05) is 12.0 Å². The lowest BCUT2D eigenvalue weighted by atomic mass is 10.3. The molecule has 0 N–H and O–H groups in total. The van der Waals surface area contributed by atoms with Crippen LogP contribution < -0.4 is 9.64 Å². The third-order valence-corrected chi connectivity index (χ3v) is 4.96. The van der Waals surface area contributed by atoms with Crippen LogP contribution in [-0.2, 0) is 11.3 Å². The number of nitrogens with zero attached hydrogens (tertiary/aromatic N) is 2. The van der Waals surface area contributed by atoms with Crippen LogP contribution in [0, 0.1) is 5.92 Å². The minimum Gasteiger partial charge on any atom is -0.497 e. The lowest BCUT2D eigenvalue weighted by molar-refractivity contribution is -0.120. The summed E-state index contributed by atoms with van der Waals surface area (Å²) in [6, 6.07) is 9.48. The van der Waals surface area contributed by atoms with Gasteiger partial charge in [0.15, 0.2) is 5.13 Å². The normalized spacial score (nSPS) is 14.1. The zero-order valence-electron chi connectivity index (χ0n) is 12.7. The van der Waals surface area contributed by atoms with Gasteiger partial charge in [0.1, 0.15) is 11.5 Å². The van der Waals surface area contributed by atoms with Crippen molar-refractivity contribution in [1.29, 1.82) is 0 Å². The smallest absolute Gasteiger partial charge is 0.232 e. The fraction of sp³-hybridized carbons (Fsp3) is 0.294. The van der Waals surface area contributed by atoms with Crippen molar-refractivity contribution in [1.82, 2.24) is 4.98 Å². The zero-order valence-corrected chi connectivity index (χ0v) is 13.5. The number of fused-ring (bicyclic) bond motifs is 1. The Labute approximate surface area is 137 Å². The Balaban J connectivity index is 1.71. The summed E-state index contributed by atoms with van der Waals surface area (Å²) < 4.78 is 11.7. The van der Waals surface area contributed by atoms with E-state index in [9.17, 15) is 4.79 Å². The summed E-state index contributed by atoms with van der Waals surface area (Å²) >= 11 is 1.52. The van der Waals surface area contributed by atoms with Crippen LogP contribution in [-0.4, -0.2) is 18.0 Å². The third kappa shape index (κ3) is 2.82. The Hall–Kier alpha value is -2.34. The maximum absolute atomic E-state index is 12.7. The van der Waals surface area contributed by atoms with E-state index >= 15 is 0 Å². The van der Waals surface area contributed by atoms with Crippen LogP contribution in [0.15, 0.2) is 41.0 Å². The SMILES string of the molecule is COc1ccc2sc(N(Cc3ccco3)C(=O)C3CC3)nc2c1. The summed E-state index contributed by atoms with van der Waals surface area (Å²) in [5.74, 6) is 1.79. The van der Waals surface area contributed by atoms with Gasteiger partial charge in [0.05, 0.1) is 30.1 Å². The van der Waals surface area contributed by atoms with E-state index in [0.717, 1.165) is 34.6 Å². The van der Waals surface area contributed by atoms with E-state index in [-0.39, 0.29) is 11.8 Å². The lowest BCUT2D eigenvalue weighted by Gasteiger charge is -2.18. The number of anilines is 1. The lowest BCUT2D eigenvalue weighted by Crippen LogP contribution is -2.31. The Kier molecular flexibility index (Phi) is 3.53. The monoisotopic (exact) mass is 328 g/mol. The van der Waals surface area contributed by atoms with Gasteiger partial charge in [0.25, 0.3) is 0 Å². The quantitative estimate of drug-likeness (QED) is 0.714. The van der Waals surface area contributed by atoms with Gasteiger partial charge in [-0.3, -0.25) is 9.69 Å². The van der Waals surface area contributed by atoms with E-state index in [2.05, 4.69) is 4.98 Å². The molecule has 0 radical (unpaired) electrons. The molecule has 118 valence electrons. The molecule has 4 rings (SSSR count).